The standard InChI is InChI=1S/2C14H26N2S/c2*17-13-9-7-5-3-1-2-4-6-8-11-16-12-10-15-14-16/h2*10,12,14,17H,1-9,11,13H2. The summed E-state index contributed by atoms with van der Waals surface area (Å²) in [5.41, 5.74) is 0. The first-order valence-electron chi connectivity index (χ1n) is 14.0. The van der Waals surface area contributed by atoms with Crippen molar-refractivity contribution in [3.63, 3.8) is 0 Å². The second-order valence-electron chi connectivity index (χ2n) is 9.41. The van der Waals surface area contributed by atoms with Crippen LogP contribution >= 0.6 is 25.3 Å². The number of aromatic nitrogens is 4. The minimum absolute atomic E-state index is 1.05. The van der Waals surface area contributed by atoms with E-state index in [1.54, 1.807) is 0 Å². The van der Waals surface area contributed by atoms with E-state index in [0.717, 1.165) is 24.6 Å². The monoisotopic (exact) mass is 508 g/mol. The van der Waals surface area contributed by atoms with E-state index in [0.29, 0.717) is 0 Å². The molecule has 2 rings (SSSR count). The lowest BCUT2D eigenvalue weighted by Crippen LogP contribution is -1.93. The largest absolute Gasteiger partial charge is 0.337 e. The fraction of sp³-hybridized carbons (Fsp3) is 0.786. The van der Waals surface area contributed by atoms with Gasteiger partial charge in [0.05, 0.1) is 12.7 Å². The van der Waals surface area contributed by atoms with Gasteiger partial charge in [-0.25, -0.2) is 9.97 Å². The molecule has 0 bridgehead atoms. The zero-order valence-electron chi connectivity index (χ0n) is 21.7. The van der Waals surface area contributed by atoms with Gasteiger partial charge in [-0.1, -0.05) is 89.9 Å². The Labute approximate surface area is 221 Å². The highest BCUT2D eigenvalue weighted by Crippen LogP contribution is 2.11. The van der Waals surface area contributed by atoms with Crippen LogP contribution in [0.1, 0.15) is 116 Å². The number of nitrogens with zero attached hydrogens (tertiary/aromatic N) is 4. The van der Waals surface area contributed by atoms with Crippen molar-refractivity contribution < 1.29 is 0 Å². The van der Waals surface area contributed by atoms with E-state index in [9.17, 15) is 0 Å². The van der Waals surface area contributed by atoms with E-state index in [4.69, 9.17) is 0 Å². The summed E-state index contributed by atoms with van der Waals surface area (Å²) in [6, 6.07) is 0. The smallest absolute Gasteiger partial charge is 0.0945 e. The molecule has 0 aliphatic rings. The Hall–Kier alpha value is -0.880. The Morgan fingerprint density at radius 3 is 0.971 bits per heavy atom. The highest BCUT2D eigenvalue weighted by Gasteiger charge is 1.95. The van der Waals surface area contributed by atoms with Crippen molar-refractivity contribution in [3.8, 4) is 0 Å². The zero-order valence-corrected chi connectivity index (χ0v) is 23.5. The van der Waals surface area contributed by atoms with E-state index < -0.39 is 0 Å². The van der Waals surface area contributed by atoms with Crippen molar-refractivity contribution in [2.75, 3.05) is 11.5 Å². The lowest BCUT2D eigenvalue weighted by atomic mass is 10.1. The van der Waals surface area contributed by atoms with Gasteiger partial charge < -0.3 is 9.13 Å². The molecule has 0 saturated carbocycles. The predicted octanol–water partition coefficient (Wildman–Crippen LogP) is 8.65. The van der Waals surface area contributed by atoms with Gasteiger partial charge >= 0.3 is 0 Å². The summed E-state index contributed by atoms with van der Waals surface area (Å²) >= 11 is 8.44. The molecule has 0 unspecified atom stereocenters. The van der Waals surface area contributed by atoms with Gasteiger partial charge in [-0.3, -0.25) is 0 Å². The average molecular weight is 509 g/mol. The van der Waals surface area contributed by atoms with Crippen LogP contribution in [0, 0.1) is 0 Å². The van der Waals surface area contributed by atoms with Crippen LogP contribution in [-0.4, -0.2) is 30.6 Å². The third-order valence-electron chi connectivity index (χ3n) is 6.27. The maximum absolute atomic E-state index is 4.22. The van der Waals surface area contributed by atoms with Crippen molar-refractivity contribution in [1.82, 2.24) is 19.1 Å². The minimum atomic E-state index is 1.05. The van der Waals surface area contributed by atoms with Crippen molar-refractivity contribution >= 4 is 25.3 Å². The van der Waals surface area contributed by atoms with Crippen molar-refractivity contribution in [2.45, 2.75) is 129 Å². The number of hydrogen-bond donors (Lipinski definition) is 2. The molecule has 0 atom stereocenters. The topological polar surface area (TPSA) is 35.6 Å². The molecule has 0 spiro atoms. The quantitative estimate of drug-likeness (QED) is 0.123. The number of rotatable bonds is 22. The lowest BCUT2D eigenvalue weighted by Gasteiger charge is -2.03. The fourth-order valence-corrected chi connectivity index (χ4v) is 4.57. The number of imidazole rings is 2. The van der Waals surface area contributed by atoms with Gasteiger partial charge in [-0.05, 0) is 37.2 Å². The lowest BCUT2D eigenvalue weighted by molar-refractivity contribution is 0.539. The molecule has 0 aromatic carbocycles. The van der Waals surface area contributed by atoms with Crippen LogP contribution in [0.5, 0.6) is 0 Å². The van der Waals surface area contributed by atoms with E-state index in [1.165, 1.54) is 116 Å². The van der Waals surface area contributed by atoms with E-state index in [2.05, 4.69) is 44.4 Å². The third-order valence-corrected chi connectivity index (χ3v) is 6.90. The zero-order chi connectivity index (χ0) is 24.4. The average Bonchev–Trinajstić information content (AvgIpc) is 3.56. The normalized spacial score (nSPS) is 10.9. The second-order valence-corrected chi connectivity index (χ2v) is 10.3. The molecule has 4 nitrogen and oxygen atoms in total. The van der Waals surface area contributed by atoms with E-state index in [1.807, 2.05) is 37.4 Å². The summed E-state index contributed by atoms with van der Waals surface area (Å²) in [5.74, 6) is 2.10. The van der Waals surface area contributed by atoms with Gasteiger partial charge in [0, 0.05) is 37.9 Å². The Morgan fingerprint density at radius 2 is 0.706 bits per heavy atom. The minimum Gasteiger partial charge on any atom is -0.337 e. The molecule has 196 valence electrons. The van der Waals surface area contributed by atoms with Gasteiger partial charge in [0.15, 0.2) is 0 Å². The highest BCUT2D eigenvalue weighted by atomic mass is 32.1. The maximum Gasteiger partial charge on any atom is 0.0945 e. The summed E-state index contributed by atoms with van der Waals surface area (Å²) in [7, 11) is 0. The van der Waals surface area contributed by atoms with Crippen molar-refractivity contribution in [1.29, 1.82) is 0 Å². The van der Waals surface area contributed by atoms with Crippen molar-refractivity contribution in [3.05, 3.63) is 37.4 Å². The highest BCUT2D eigenvalue weighted by molar-refractivity contribution is 7.80. The molecule has 0 saturated heterocycles. The first kappa shape index (κ1) is 31.2. The molecule has 0 N–H and O–H groups in total. The van der Waals surface area contributed by atoms with Crippen LogP contribution in [0.4, 0.5) is 0 Å². The number of aryl methyl sites for hydroxylation is 2. The van der Waals surface area contributed by atoms with Crippen LogP contribution in [0.15, 0.2) is 37.4 Å². The molecule has 6 heteroatoms. The summed E-state index contributed by atoms with van der Waals surface area (Å²) in [4.78, 5) is 8.09. The van der Waals surface area contributed by atoms with E-state index in [-0.39, 0.29) is 0 Å². The third kappa shape index (κ3) is 20.5. The van der Waals surface area contributed by atoms with Gasteiger partial charge in [-0.2, -0.15) is 25.3 Å². The second kappa shape index (κ2) is 25.2. The van der Waals surface area contributed by atoms with Crippen LogP contribution in [-0.2, 0) is 13.1 Å². The first-order chi connectivity index (χ1) is 16.9. The van der Waals surface area contributed by atoms with Gasteiger partial charge in [0.1, 0.15) is 0 Å². The van der Waals surface area contributed by atoms with Gasteiger partial charge in [-0.15, -0.1) is 0 Å². The summed E-state index contributed by atoms with van der Waals surface area (Å²) < 4.78 is 4.33. The molecule has 0 amide bonds. The molecule has 34 heavy (non-hydrogen) atoms. The van der Waals surface area contributed by atoms with Crippen LogP contribution < -0.4 is 0 Å². The molecular formula is C28H52N4S2. The molecule has 0 fully saturated rings. The summed E-state index contributed by atoms with van der Waals surface area (Å²) in [6.07, 6.45) is 36.2. The molecule has 0 aliphatic heterocycles. The SMILES string of the molecule is SCCCCCCCCCCCn1ccnc1.SCCCCCCCCCCCn1ccnc1. The van der Waals surface area contributed by atoms with Crippen LogP contribution in [0.25, 0.3) is 0 Å². The first-order valence-corrected chi connectivity index (χ1v) is 15.3. The number of thiol groups is 2. The van der Waals surface area contributed by atoms with Crippen LogP contribution in [0.3, 0.4) is 0 Å². The Kier molecular flexibility index (Phi) is 23.1. The maximum atomic E-state index is 4.22. The Balaban J connectivity index is 0.000000340. The summed E-state index contributed by atoms with van der Waals surface area (Å²) in [5, 5.41) is 0. The van der Waals surface area contributed by atoms with Gasteiger partial charge in [0.25, 0.3) is 0 Å². The van der Waals surface area contributed by atoms with Crippen LogP contribution in [0.2, 0.25) is 0 Å². The molecule has 0 aliphatic carbocycles. The van der Waals surface area contributed by atoms with Crippen molar-refractivity contribution in [2.24, 2.45) is 0 Å². The fourth-order valence-electron chi connectivity index (χ4n) is 4.13. The van der Waals surface area contributed by atoms with Gasteiger partial charge in [0.2, 0.25) is 0 Å². The van der Waals surface area contributed by atoms with E-state index >= 15 is 0 Å². The Bertz CT molecular complexity index is 548. The number of unbranched alkanes of at least 4 members (excludes halogenated alkanes) is 16. The molecule has 2 aromatic rings. The molecule has 0 radical (unpaired) electrons. The molecule has 2 heterocycles. The molecule has 2 aromatic heterocycles. The number of hydrogen-bond acceptors (Lipinski definition) is 4. The molecular weight excluding hydrogens is 456 g/mol. The summed E-state index contributed by atoms with van der Waals surface area (Å²) in [6.45, 7) is 2.25. The Morgan fingerprint density at radius 1 is 0.412 bits per heavy atom. The predicted molar refractivity (Wildman–Crippen MR) is 155 cm³/mol.